The molecule has 0 saturated carbocycles. The van der Waals surface area contributed by atoms with Crippen LogP contribution in [0.25, 0.3) is 0 Å². The zero-order valence-electron chi connectivity index (χ0n) is 10.1. The number of methoxy groups -OCH3 is 1. The molecule has 1 aliphatic heterocycles. The fourth-order valence-corrected chi connectivity index (χ4v) is 2.92. The molecule has 0 bridgehead atoms. The van der Waals surface area contributed by atoms with E-state index in [9.17, 15) is 0 Å². The molecule has 2 nitrogen and oxygen atoms in total. The third kappa shape index (κ3) is 1.90. The van der Waals surface area contributed by atoms with Gasteiger partial charge in [-0.2, -0.15) is 0 Å². The average Bonchev–Trinajstić information content (AvgIpc) is 2.15. The van der Waals surface area contributed by atoms with Gasteiger partial charge in [0.1, 0.15) is 5.76 Å². The topological polar surface area (TPSA) is 21.3 Å². The first-order chi connectivity index (χ1) is 7.03. The Balaban J connectivity index is 2.34. The summed E-state index contributed by atoms with van der Waals surface area (Å²) in [5.74, 6) is 2.37. The highest BCUT2D eigenvalue weighted by molar-refractivity contribution is 5.29. The SMILES string of the molecule is COC1=C2NC(C)(C)CC(C)C2CC=C1. The summed E-state index contributed by atoms with van der Waals surface area (Å²) < 4.78 is 5.43. The molecule has 84 valence electrons. The van der Waals surface area contributed by atoms with Gasteiger partial charge < -0.3 is 10.1 Å². The van der Waals surface area contributed by atoms with Crippen molar-refractivity contribution in [3.05, 3.63) is 23.6 Å². The standard InChI is InChI=1S/C13H21NO/c1-9-8-13(2,3)14-12-10(9)6-5-7-11(12)15-4/h5,7,9-10,14H,6,8H2,1-4H3. The van der Waals surface area contributed by atoms with Crippen molar-refractivity contribution in [1.82, 2.24) is 5.32 Å². The van der Waals surface area contributed by atoms with Gasteiger partial charge in [0.25, 0.3) is 0 Å². The van der Waals surface area contributed by atoms with Crippen molar-refractivity contribution in [2.24, 2.45) is 11.8 Å². The van der Waals surface area contributed by atoms with E-state index in [1.54, 1.807) is 7.11 Å². The summed E-state index contributed by atoms with van der Waals surface area (Å²) in [6.07, 6.45) is 6.69. The van der Waals surface area contributed by atoms with Crippen LogP contribution in [-0.2, 0) is 4.74 Å². The summed E-state index contributed by atoms with van der Waals surface area (Å²) in [5, 5.41) is 3.63. The van der Waals surface area contributed by atoms with Gasteiger partial charge in [-0.15, -0.1) is 0 Å². The molecule has 1 N–H and O–H groups in total. The third-order valence-corrected chi connectivity index (χ3v) is 3.51. The van der Waals surface area contributed by atoms with E-state index >= 15 is 0 Å². The third-order valence-electron chi connectivity index (χ3n) is 3.51. The van der Waals surface area contributed by atoms with Crippen molar-refractivity contribution in [2.75, 3.05) is 7.11 Å². The van der Waals surface area contributed by atoms with E-state index in [2.05, 4.69) is 38.2 Å². The predicted molar refractivity (Wildman–Crippen MR) is 62.3 cm³/mol. The average molecular weight is 207 g/mol. The highest BCUT2D eigenvalue weighted by Crippen LogP contribution is 2.39. The molecular formula is C13H21NO. The first kappa shape index (κ1) is 10.6. The molecule has 2 unspecified atom stereocenters. The summed E-state index contributed by atoms with van der Waals surface area (Å²) >= 11 is 0. The summed E-state index contributed by atoms with van der Waals surface area (Å²) in [7, 11) is 1.75. The number of piperidine rings is 1. The molecule has 2 heteroatoms. The van der Waals surface area contributed by atoms with Crippen LogP contribution in [0, 0.1) is 11.8 Å². The van der Waals surface area contributed by atoms with Gasteiger partial charge in [-0.05, 0) is 38.7 Å². The molecule has 0 spiro atoms. The van der Waals surface area contributed by atoms with Crippen LogP contribution in [0.2, 0.25) is 0 Å². The van der Waals surface area contributed by atoms with E-state index in [1.165, 1.54) is 12.1 Å². The largest absolute Gasteiger partial charge is 0.495 e. The first-order valence-corrected chi connectivity index (χ1v) is 5.76. The van der Waals surface area contributed by atoms with Crippen molar-refractivity contribution >= 4 is 0 Å². The van der Waals surface area contributed by atoms with Gasteiger partial charge in [0.05, 0.1) is 12.8 Å². The number of allylic oxidation sites excluding steroid dienone is 3. The van der Waals surface area contributed by atoms with E-state index in [0.717, 1.165) is 18.1 Å². The Morgan fingerprint density at radius 2 is 2.20 bits per heavy atom. The van der Waals surface area contributed by atoms with E-state index in [-0.39, 0.29) is 5.54 Å². The Bertz CT molecular complexity index is 314. The van der Waals surface area contributed by atoms with Gasteiger partial charge in [0.15, 0.2) is 0 Å². The predicted octanol–water partition coefficient (Wildman–Crippen LogP) is 2.83. The second-order valence-electron chi connectivity index (χ2n) is 5.42. The Hall–Kier alpha value is -0.920. The Labute approximate surface area is 92.4 Å². The van der Waals surface area contributed by atoms with Crippen molar-refractivity contribution in [2.45, 2.75) is 39.2 Å². The second-order valence-corrected chi connectivity index (χ2v) is 5.42. The molecule has 2 atom stereocenters. The van der Waals surface area contributed by atoms with Crippen molar-refractivity contribution in [3.63, 3.8) is 0 Å². The van der Waals surface area contributed by atoms with Crippen LogP contribution in [0.3, 0.4) is 0 Å². The lowest BCUT2D eigenvalue weighted by atomic mass is 9.74. The Kier molecular flexibility index (Phi) is 2.53. The number of ether oxygens (including phenoxy) is 1. The van der Waals surface area contributed by atoms with Gasteiger partial charge >= 0.3 is 0 Å². The molecule has 0 aromatic rings. The van der Waals surface area contributed by atoms with Crippen LogP contribution < -0.4 is 5.32 Å². The molecule has 2 aliphatic rings. The fourth-order valence-electron chi connectivity index (χ4n) is 2.92. The number of hydrogen-bond donors (Lipinski definition) is 1. The second kappa shape index (κ2) is 3.58. The number of hydrogen-bond acceptors (Lipinski definition) is 2. The Morgan fingerprint density at radius 1 is 1.47 bits per heavy atom. The van der Waals surface area contributed by atoms with Crippen molar-refractivity contribution in [1.29, 1.82) is 0 Å². The van der Waals surface area contributed by atoms with Crippen molar-refractivity contribution in [3.8, 4) is 0 Å². The smallest absolute Gasteiger partial charge is 0.137 e. The normalized spacial score (nSPS) is 33.3. The van der Waals surface area contributed by atoms with Crippen LogP contribution in [0.15, 0.2) is 23.6 Å². The van der Waals surface area contributed by atoms with E-state index in [0.29, 0.717) is 5.92 Å². The monoisotopic (exact) mass is 207 g/mol. The van der Waals surface area contributed by atoms with Gasteiger partial charge in [-0.25, -0.2) is 0 Å². The number of fused-ring (bicyclic) bond motifs is 1. The summed E-state index contributed by atoms with van der Waals surface area (Å²) in [5.41, 5.74) is 1.50. The number of rotatable bonds is 1. The quantitative estimate of drug-likeness (QED) is 0.714. The van der Waals surface area contributed by atoms with Crippen LogP contribution in [-0.4, -0.2) is 12.6 Å². The maximum Gasteiger partial charge on any atom is 0.137 e. The molecule has 1 saturated heterocycles. The summed E-state index contributed by atoms with van der Waals surface area (Å²) in [4.78, 5) is 0. The fraction of sp³-hybridized carbons (Fsp3) is 0.692. The van der Waals surface area contributed by atoms with Gasteiger partial charge in [-0.1, -0.05) is 13.0 Å². The minimum absolute atomic E-state index is 0.195. The van der Waals surface area contributed by atoms with Crippen LogP contribution >= 0.6 is 0 Å². The molecule has 0 aromatic heterocycles. The van der Waals surface area contributed by atoms with Crippen LogP contribution in [0.5, 0.6) is 0 Å². The molecule has 0 amide bonds. The molecule has 0 aromatic carbocycles. The lowest BCUT2D eigenvalue weighted by molar-refractivity contribution is 0.190. The lowest BCUT2D eigenvalue weighted by Crippen LogP contribution is -2.49. The summed E-state index contributed by atoms with van der Waals surface area (Å²) in [6.45, 7) is 6.87. The van der Waals surface area contributed by atoms with E-state index < -0.39 is 0 Å². The highest BCUT2D eigenvalue weighted by atomic mass is 16.5. The van der Waals surface area contributed by atoms with Crippen molar-refractivity contribution < 1.29 is 4.74 Å². The van der Waals surface area contributed by atoms with Crippen LogP contribution in [0.1, 0.15) is 33.6 Å². The van der Waals surface area contributed by atoms with Gasteiger partial charge in [-0.3, -0.25) is 0 Å². The minimum atomic E-state index is 0.195. The zero-order valence-corrected chi connectivity index (χ0v) is 10.1. The number of nitrogens with one attached hydrogen (secondary N) is 1. The molecule has 1 fully saturated rings. The van der Waals surface area contributed by atoms with Crippen LogP contribution in [0.4, 0.5) is 0 Å². The molecule has 1 heterocycles. The van der Waals surface area contributed by atoms with Gasteiger partial charge in [0, 0.05) is 11.5 Å². The van der Waals surface area contributed by atoms with E-state index in [4.69, 9.17) is 4.74 Å². The minimum Gasteiger partial charge on any atom is -0.495 e. The van der Waals surface area contributed by atoms with E-state index in [1.807, 2.05) is 0 Å². The molecule has 0 radical (unpaired) electrons. The molecular weight excluding hydrogens is 186 g/mol. The zero-order chi connectivity index (χ0) is 11.1. The van der Waals surface area contributed by atoms with Gasteiger partial charge in [0.2, 0.25) is 0 Å². The first-order valence-electron chi connectivity index (χ1n) is 5.76. The maximum absolute atomic E-state index is 5.43. The summed E-state index contributed by atoms with van der Waals surface area (Å²) in [6, 6.07) is 0. The highest BCUT2D eigenvalue weighted by Gasteiger charge is 2.37. The molecule has 1 aliphatic carbocycles. The molecule has 2 rings (SSSR count). The Morgan fingerprint density at radius 3 is 2.87 bits per heavy atom. The maximum atomic E-state index is 5.43. The molecule has 15 heavy (non-hydrogen) atoms. The lowest BCUT2D eigenvalue weighted by Gasteiger charge is -2.44.